The van der Waals surface area contributed by atoms with Crippen LogP contribution >= 0.6 is 24.2 Å². The maximum absolute atomic E-state index is 12.0. The van der Waals surface area contributed by atoms with E-state index in [4.69, 9.17) is 5.73 Å². The summed E-state index contributed by atoms with van der Waals surface area (Å²) in [6, 6.07) is 0.365. The number of amides is 1. The monoisotopic (exact) mass is 280 g/mol. The zero-order chi connectivity index (χ0) is 12.0. The number of carbonyl (C=O) groups is 1. The van der Waals surface area contributed by atoms with Crippen molar-refractivity contribution in [2.45, 2.75) is 51.6 Å². The fourth-order valence-corrected chi connectivity index (χ4v) is 2.97. The lowest BCUT2D eigenvalue weighted by Crippen LogP contribution is -2.52. The van der Waals surface area contributed by atoms with Crippen LogP contribution in [-0.2, 0) is 4.79 Å². The molecule has 1 aliphatic rings. The molecule has 1 heterocycles. The molecule has 0 aromatic carbocycles. The normalized spacial score (nSPS) is 21.8. The number of hydrogen-bond donors (Lipinski definition) is 1. The highest BCUT2D eigenvalue weighted by Gasteiger charge is 2.28. The van der Waals surface area contributed by atoms with Crippen molar-refractivity contribution >= 4 is 30.1 Å². The molecule has 17 heavy (non-hydrogen) atoms. The van der Waals surface area contributed by atoms with E-state index in [0.29, 0.717) is 5.75 Å². The lowest BCUT2D eigenvalue weighted by Gasteiger charge is -2.38. The number of rotatable bonds is 5. The van der Waals surface area contributed by atoms with Gasteiger partial charge >= 0.3 is 0 Å². The van der Waals surface area contributed by atoms with E-state index in [9.17, 15) is 4.79 Å². The Balaban J connectivity index is 0.00000256. The van der Waals surface area contributed by atoms with Crippen molar-refractivity contribution in [3.63, 3.8) is 0 Å². The maximum atomic E-state index is 12.0. The second-order valence-electron chi connectivity index (χ2n) is 4.56. The quantitative estimate of drug-likeness (QED) is 0.786. The molecule has 0 aliphatic carbocycles. The molecule has 1 rings (SSSR count). The summed E-state index contributed by atoms with van der Waals surface area (Å²) in [5.41, 5.74) is 5.95. The highest BCUT2D eigenvalue weighted by molar-refractivity contribution is 7.99. The minimum atomic E-state index is 0. The maximum Gasteiger partial charge on any atom is 0.232 e. The molecule has 0 spiro atoms. The highest BCUT2D eigenvalue weighted by atomic mass is 35.5. The van der Waals surface area contributed by atoms with Gasteiger partial charge in [-0.2, -0.15) is 11.8 Å². The summed E-state index contributed by atoms with van der Waals surface area (Å²) in [4.78, 5) is 14.0. The summed E-state index contributed by atoms with van der Waals surface area (Å²) in [6.07, 6.45) is 4.54. The number of hydrogen-bond acceptors (Lipinski definition) is 3. The van der Waals surface area contributed by atoms with E-state index in [1.54, 1.807) is 11.8 Å². The summed E-state index contributed by atoms with van der Waals surface area (Å²) in [7, 11) is 0. The van der Waals surface area contributed by atoms with Gasteiger partial charge in [0.05, 0.1) is 5.75 Å². The van der Waals surface area contributed by atoms with Gasteiger partial charge in [0.25, 0.3) is 0 Å². The molecule has 0 aromatic heterocycles. The molecule has 2 atom stereocenters. The molecule has 0 saturated carbocycles. The van der Waals surface area contributed by atoms with Crippen LogP contribution in [0.4, 0.5) is 0 Å². The number of thioether (sulfide) groups is 1. The van der Waals surface area contributed by atoms with E-state index < -0.39 is 0 Å². The molecule has 1 fully saturated rings. The first kappa shape index (κ1) is 17.1. The molecule has 0 aromatic rings. The van der Waals surface area contributed by atoms with E-state index >= 15 is 0 Å². The number of carbonyl (C=O) groups excluding carboxylic acids is 1. The first-order valence-corrected chi connectivity index (χ1v) is 7.45. The third-order valence-electron chi connectivity index (χ3n) is 3.05. The lowest BCUT2D eigenvalue weighted by atomic mass is 9.97. The number of nitrogens with two attached hydrogens (primary N) is 1. The van der Waals surface area contributed by atoms with Crippen molar-refractivity contribution in [1.29, 1.82) is 0 Å². The van der Waals surface area contributed by atoms with Crippen LogP contribution in [0.2, 0.25) is 0 Å². The van der Waals surface area contributed by atoms with Crippen LogP contribution in [0, 0.1) is 0 Å². The molecule has 2 unspecified atom stereocenters. The van der Waals surface area contributed by atoms with Crippen LogP contribution in [0.1, 0.15) is 39.5 Å². The van der Waals surface area contributed by atoms with Crippen molar-refractivity contribution in [1.82, 2.24) is 4.90 Å². The van der Waals surface area contributed by atoms with Crippen LogP contribution in [-0.4, -0.2) is 40.9 Å². The Labute approximate surface area is 115 Å². The molecular formula is C12H25ClN2OS. The van der Waals surface area contributed by atoms with Gasteiger partial charge in [-0.15, -0.1) is 12.4 Å². The topological polar surface area (TPSA) is 46.3 Å². The van der Waals surface area contributed by atoms with Gasteiger partial charge < -0.3 is 10.6 Å². The third-order valence-corrected chi connectivity index (χ3v) is 4.20. The van der Waals surface area contributed by atoms with Crippen molar-refractivity contribution < 1.29 is 4.79 Å². The van der Waals surface area contributed by atoms with Gasteiger partial charge in [0, 0.05) is 18.6 Å². The van der Waals surface area contributed by atoms with Crippen LogP contribution < -0.4 is 5.73 Å². The Morgan fingerprint density at radius 2 is 2.24 bits per heavy atom. The van der Waals surface area contributed by atoms with Gasteiger partial charge in [0.15, 0.2) is 0 Å². The molecule has 5 heteroatoms. The minimum Gasteiger partial charge on any atom is -0.337 e. The highest BCUT2D eigenvalue weighted by Crippen LogP contribution is 2.20. The number of halogens is 1. The lowest BCUT2D eigenvalue weighted by molar-refractivity contribution is -0.132. The second-order valence-corrected chi connectivity index (χ2v) is 5.67. The van der Waals surface area contributed by atoms with Gasteiger partial charge in [-0.3, -0.25) is 4.79 Å². The van der Waals surface area contributed by atoms with Gasteiger partial charge in [-0.25, -0.2) is 0 Å². The van der Waals surface area contributed by atoms with E-state index in [0.717, 1.165) is 31.6 Å². The molecular weight excluding hydrogens is 256 g/mol. The van der Waals surface area contributed by atoms with Crippen molar-refractivity contribution in [2.24, 2.45) is 5.73 Å². The second kappa shape index (κ2) is 9.06. The smallest absolute Gasteiger partial charge is 0.232 e. The number of likely N-dealkylation sites (tertiary alicyclic amines) is 1. The SMILES string of the molecule is CCCSCC(=O)N1CCCCC1C(C)N.Cl. The summed E-state index contributed by atoms with van der Waals surface area (Å²) in [6.45, 7) is 5.05. The molecule has 3 nitrogen and oxygen atoms in total. The number of nitrogens with zero attached hydrogens (tertiary/aromatic N) is 1. The molecule has 1 saturated heterocycles. The van der Waals surface area contributed by atoms with Gasteiger partial charge in [-0.05, 0) is 38.4 Å². The Hall–Kier alpha value is 0.0700. The summed E-state index contributed by atoms with van der Waals surface area (Å²) >= 11 is 1.74. The van der Waals surface area contributed by atoms with Crippen molar-refractivity contribution in [3.8, 4) is 0 Å². The molecule has 102 valence electrons. The first-order valence-electron chi connectivity index (χ1n) is 6.29. The Bertz CT molecular complexity index is 227. The predicted octanol–water partition coefficient (Wildman–Crippen LogP) is 2.28. The molecule has 0 bridgehead atoms. The largest absolute Gasteiger partial charge is 0.337 e. The zero-order valence-electron chi connectivity index (χ0n) is 10.9. The standard InChI is InChI=1S/C12H24N2OS.ClH/c1-3-8-16-9-12(15)14-7-5-4-6-11(14)10(2)13;/h10-11H,3-9,13H2,1-2H3;1H. The Morgan fingerprint density at radius 3 is 2.82 bits per heavy atom. The van der Waals surface area contributed by atoms with Gasteiger partial charge in [0.2, 0.25) is 5.91 Å². The first-order chi connectivity index (χ1) is 7.66. The molecule has 1 amide bonds. The van der Waals surface area contributed by atoms with Gasteiger partial charge in [0.1, 0.15) is 0 Å². The molecule has 2 N–H and O–H groups in total. The summed E-state index contributed by atoms with van der Waals surface area (Å²) in [5.74, 6) is 1.97. The van der Waals surface area contributed by atoms with Crippen LogP contribution in [0.15, 0.2) is 0 Å². The third kappa shape index (κ3) is 5.49. The van der Waals surface area contributed by atoms with E-state index in [1.807, 2.05) is 11.8 Å². The predicted molar refractivity (Wildman–Crippen MR) is 77.9 cm³/mol. The van der Waals surface area contributed by atoms with Crippen LogP contribution in [0.5, 0.6) is 0 Å². The van der Waals surface area contributed by atoms with Crippen LogP contribution in [0.25, 0.3) is 0 Å². The Morgan fingerprint density at radius 1 is 1.53 bits per heavy atom. The average Bonchev–Trinajstić information content (AvgIpc) is 2.29. The van der Waals surface area contributed by atoms with E-state index in [1.165, 1.54) is 6.42 Å². The Kier molecular flexibility index (Phi) is 9.10. The summed E-state index contributed by atoms with van der Waals surface area (Å²) < 4.78 is 0. The van der Waals surface area contributed by atoms with Crippen molar-refractivity contribution in [3.05, 3.63) is 0 Å². The fraction of sp³-hybridized carbons (Fsp3) is 0.917. The van der Waals surface area contributed by atoms with E-state index in [2.05, 4.69) is 6.92 Å². The summed E-state index contributed by atoms with van der Waals surface area (Å²) in [5, 5.41) is 0. The molecule has 0 radical (unpaired) electrons. The van der Waals surface area contributed by atoms with Gasteiger partial charge in [-0.1, -0.05) is 6.92 Å². The number of piperidine rings is 1. The van der Waals surface area contributed by atoms with Crippen molar-refractivity contribution in [2.75, 3.05) is 18.1 Å². The molecule has 1 aliphatic heterocycles. The van der Waals surface area contributed by atoms with Crippen LogP contribution in [0.3, 0.4) is 0 Å². The van der Waals surface area contributed by atoms with E-state index in [-0.39, 0.29) is 30.4 Å². The minimum absolute atomic E-state index is 0. The fourth-order valence-electron chi connectivity index (χ4n) is 2.20. The average molecular weight is 281 g/mol. The zero-order valence-corrected chi connectivity index (χ0v) is 12.5.